The topological polar surface area (TPSA) is 40.5 Å². The van der Waals surface area contributed by atoms with Gasteiger partial charge in [0, 0.05) is 18.5 Å². The molecule has 100 valence electrons. The third kappa shape index (κ3) is 3.85. The van der Waals surface area contributed by atoms with E-state index in [4.69, 9.17) is 16.7 Å². The summed E-state index contributed by atoms with van der Waals surface area (Å²) in [7, 11) is 0. The molecule has 1 aliphatic rings. The van der Waals surface area contributed by atoms with Crippen molar-refractivity contribution in [2.75, 3.05) is 19.0 Å². The molecule has 1 aliphatic carbocycles. The van der Waals surface area contributed by atoms with Crippen molar-refractivity contribution in [3.8, 4) is 0 Å². The van der Waals surface area contributed by atoms with Gasteiger partial charge in [-0.15, -0.1) is 11.6 Å². The average molecular weight is 262 g/mol. The number of alkyl halides is 1. The summed E-state index contributed by atoms with van der Waals surface area (Å²) in [6.07, 6.45) is 5.74. The lowest BCUT2D eigenvalue weighted by Gasteiger charge is -2.38. The van der Waals surface area contributed by atoms with Crippen molar-refractivity contribution in [3.05, 3.63) is 0 Å². The summed E-state index contributed by atoms with van der Waals surface area (Å²) < 4.78 is 0. The summed E-state index contributed by atoms with van der Waals surface area (Å²) in [5, 5.41) is 9.13. The van der Waals surface area contributed by atoms with Crippen LogP contribution in [-0.4, -0.2) is 41.0 Å². The van der Waals surface area contributed by atoms with E-state index < -0.39 is 5.41 Å². The smallest absolute Gasteiger partial charge is 0.229 e. The molecule has 0 aromatic rings. The minimum absolute atomic E-state index is 0.0284. The lowest BCUT2D eigenvalue weighted by Crippen LogP contribution is -2.49. The van der Waals surface area contributed by atoms with Crippen LogP contribution in [0.1, 0.15) is 46.0 Å². The molecule has 1 fully saturated rings. The molecule has 0 atom stereocenters. The van der Waals surface area contributed by atoms with E-state index in [9.17, 15) is 4.79 Å². The van der Waals surface area contributed by atoms with E-state index in [1.165, 1.54) is 19.3 Å². The summed E-state index contributed by atoms with van der Waals surface area (Å²) in [5.41, 5.74) is -0.534. The minimum Gasteiger partial charge on any atom is -0.395 e. The first kappa shape index (κ1) is 14.8. The van der Waals surface area contributed by atoms with Crippen molar-refractivity contribution < 1.29 is 9.90 Å². The highest BCUT2D eigenvalue weighted by Gasteiger charge is 2.34. The average Bonchev–Trinajstić information content (AvgIpc) is 2.36. The van der Waals surface area contributed by atoms with Gasteiger partial charge in [0.1, 0.15) is 0 Å². The summed E-state index contributed by atoms with van der Waals surface area (Å²) in [6, 6.07) is 0.297. The monoisotopic (exact) mass is 261 g/mol. The van der Waals surface area contributed by atoms with Gasteiger partial charge in [-0.25, -0.2) is 0 Å². The first-order chi connectivity index (χ1) is 8.03. The number of aliphatic hydroxyl groups excluding tert-OH is 1. The highest BCUT2D eigenvalue weighted by Crippen LogP contribution is 2.27. The Bertz CT molecular complexity index is 250. The summed E-state index contributed by atoms with van der Waals surface area (Å²) in [6.45, 7) is 4.20. The Hall–Kier alpha value is -0.280. The van der Waals surface area contributed by atoms with Crippen LogP contribution in [0.4, 0.5) is 0 Å². The van der Waals surface area contributed by atoms with Crippen LogP contribution in [0, 0.1) is 5.41 Å². The van der Waals surface area contributed by atoms with Crippen LogP contribution < -0.4 is 0 Å². The number of nitrogens with zero attached hydrogens (tertiary/aromatic N) is 1. The van der Waals surface area contributed by atoms with Gasteiger partial charge < -0.3 is 10.0 Å². The van der Waals surface area contributed by atoms with Crippen molar-refractivity contribution in [1.29, 1.82) is 0 Å². The van der Waals surface area contributed by atoms with Gasteiger partial charge in [-0.3, -0.25) is 4.79 Å². The van der Waals surface area contributed by atoms with E-state index in [2.05, 4.69) is 0 Å². The third-order valence-electron chi connectivity index (χ3n) is 3.53. The quantitative estimate of drug-likeness (QED) is 0.772. The van der Waals surface area contributed by atoms with E-state index in [0.717, 1.165) is 12.8 Å². The predicted octanol–water partition coefficient (Wildman–Crippen LogP) is 2.41. The molecule has 0 aliphatic heterocycles. The van der Waals surface area contributed by atoms with Gasteiger partial charge in [0.15, 0.2) is 0 Å². The SMILES string of the molecule is CC(C)(CCl)C(=O)N(CCO)C1CCCCC1. The van der Waals surface area contributed by atoms with Crippen molar-refractivity contribution in [2.24, 2.45) is 5.41 Å². The first-order valence-electron chi connectivity index (χ1n) is 6.51. The molecule has 0 aromatic carbocycles. The summed E-state index contributed by atoms with van der Waals surface area (Å²) in [5.74, 6) is 0.397. The molecular formula is C13H24ClNO2. The molecule has 0 spiro atoms. The molecule has 1 saturated carbocycles. The van der Waals surface area contributed by atoms with E-state index in [1.54, 1.807) is 0 Å². The molecule has 1 N–H and O–H groups in total. The van der Waals surface area contributed by atoms with E-state index in [-0.39, 0.29) is 12.5 Å². The first-order valence-corrected chi connectivity index (χ1v) is 7.04. The zero-order valence-electron chi connectivity index (χ0n) is 10.9. The number of amides is 1. The maximum atomic E-state index is 12.4. The Morgan fingerprint density at radius 3 is 2.41 bits per heavy atom. The summed E-state index contributed by atoms with van der Waals surface area (Å²) in [4.78, 5) is 14.3. The van der Waals surface area contributed by atoms with Crippen molar-refractivity contribution in [3.63, 3.8) is 0 Å². The van der Waals surface area contributed by atoms with Gasteiger partial charge in [-0.2, -0.15) is 0 Å². The van der Waals surface area contributed by atoms with Gasteiger partial charge in [0.05, 0.1) is 12.0 Å². The van der Waals surface area contributed by atoms with Crippen LogP contribution >= 0.6 is 11.6 Å². The van der Waals surface area contributed by atoms with Gasteiger partial charge in [-0.05, 0) is 26.7 Å². The van der Waals surface area contributed by atoms with Crippen molar-refractivity contribution >= 4 is 17.5 Å². The van der Waals surface area contributed by atoms with Crippen LogP contribution in [0.25, 0.3) is 0 Å². The molecule has 4 heteroatoms. The van der Waals surface area contributed by atoms with Gasteiger partial charge in [0.25, 0.3) is 0 Å². The normalized spacial score (nSPS) is 18.1. The Morgan fingerprint density at radius 2 is 1.94 bits per heavy atom. The number of aliphatic hydroxyl groups is 1. The molecule has 0 unspecified atom stereocenters. The van der Waals surface area contributed by atoms with Crippen LogP contribution in [-0.2, 0) is 4.79 Å². The molecule has 0 radical (unpaired) electrons. The lowest BCUT2D eigenvalue weighted by atomic mass is 9.89. The second-order valence-electron chi connectivity index (χ2n) is 5.53. The molecule has 17 heavy (non-hydrogen) atoms. The highest BCUT2D eigenvalue weighted by molar-refractivity contribution is 6.19. The Balaban J connectivity index is 2.73. The van der Waals surface area contributed by atoms with Gasteiger partial charge in [0.2, 0.25) is 5.91 Å². The fraction of sp³-hybridized carbons (Fsp3) is 0.923. The second kappa shape index (κ2) is 6.60. The van der Waals surface area contributed by atoms with E-state index in [1.807, 2.05) is 18.7 Å². The molecule has 1 rings (SSSR count). The largest absolute Gasteiger partial charge is 0.395 e. The lowest BCUT2D eigenvalue weighted by molar-refractivity contribution is -0.143. The van der Waals surface area contributed by atoms with Crippen LogP contribution in [0.5, 0.6) is 0 Å². The predicted molar refractivity (Wildman–Crippen MR) is 70.2 cm³/mol. The van der Waals surface area contributed by atoms with E-state index >= 15 is 0 Å². The third-order valence-corrected chi connectivity index (χ3v) is 4.20. The molecule has 0 saturated heterocycles. The molecule has 0 heterocycles. The zero-order chi connectivity index (χ0) is 12.9. The van der Waals surface area contributed by atoms with Crippen LogP contribution in [0.3, 0.4) is 0 Å². The van der Waals surface area contributed by atoms with Crippen LogP contribution in [0.15, 0.2) is 0 Å². The standard InChI is InChI=1S/C13H24ClNO2/c1-13(2,10-14)12(17)15(8-9-16)11-6-4-3-5-7-11/h11,16H,3-10H2,1-2H3. The molecule has 3 nitrogen and oxygen atoms in total. The van der Waals surface area contributed by atoms with Gasteiger partial charge in [-0.1, -0.05) is 19.3 Å². The number of hydrogen-bond acceptors (Lipinski definition) is 2. The number of hydrogen-bond donors (Lipinski definition) is 1. The maximum Gasteiger partial charge on any atom is 0.229 e. The molecule has 0 bridgehead atoms. The molecular weight excluding hydrogens is 238 g/mol. The highest BCUT2D eigenvalue weighted by atomic mass is 35.5. The number of rotatable bonds is 5. The van der Waals surface area contributed by atoms with Crippen molar-refractivity contribution in [2.45, 2.75) is 52.0 Å². The summed E-state index contributed by atoms with van der Waals surface area (Å²) >= 11 is 5.86. The number of halogens is 1. The fourth-order valence-corrected chi connectivity index (χ4v) is 2.51. The number of carbonyl (C=O) groups excluding carboxylic acids is 1. The molecule has 0 aromatic heterocycles. The molecule has 1 amide bonds. The van der Waals surface area contributed by atoms with Gasteiger partial charge >= 0.3 is 0 Å². The Kier molecular flexibility index (Phi) is 5.74. The van der Waals surface area contributed by atoms with E-state index in [0.29, 0.717) is 18.5 Å². The van der Waals surface area contributed by atoms with Crippen LogP contribution in [0.2, 0.25) is 0 Å². The fourth-order valence-electron chi connectivity index (χ4n) is 2.40. The second-order valence-corrected chi connectivity index (χ2v) is 5.80. The number of carbonyl (C=O) groups is 1. The Morgan fingerprint density at radius 1 is 1.35 bits per heavy atom. The maximum absolute atomic E-state index is 12.4. The zero-order valence-corrected chi connectivity index (χ0v) is 11.7. The Labute approximate surface area is 109 Å². The minimum atomic E-state index is -0.534. The van der Waals surface area contributed by atoms with Crippen molar-refractivity contribution in [1.82, 2.24) is 4.90 Å².